The SMILES string of the molecule is Cc1ccc(NC(=O)O[C@H](C/C=C/C(=O)NO)c2ccc(O)cc2)cc1. The van der Waals surface area contributed by atoms with Crippen molar-refractivity contribution in [2.75, 3.05) is 5.32 Å². The van der Waals surface area contributed by atoms with Crippen LogP contribution in [0, 0.1) is 6.92 Å². The van der Waals surface area contributed by atoms with Gasteiger partial charge in [0.2, 0.25) is 0 Å². The largest absolute Gasteiger partial charge is 0.508 e. The van der Waals surface area contributed by atoms with Gasteiger partial charge >= 0.3 is 6.09 Å². The topological polar surface area (TPSA) is 108 Å². The molecule has 0 radical (unpaired) electrons. The highest BCUT2D eigenvalue weighted by molar-refractivity contribution is 5.86. The number of amides is 2. The minimum absolute atomic E-state index is 0.0896. The first kappa shape index (κ1) is 19.0. The first-order chi connectivity index (χ1) is 12.5. The molecule has 0 saturated heterocycles. The number of ether oxygens (including phenoxy) is 1. The van der Waals surface area contributed by atoms with Crippen LogP contribution in [0.15, 0.2) is 60.7 Å². The molecule has 0 aliphatic rings. The van der Waals surface area contributed by atoms with Gasteiger partial charge in [-0.1, -0.05) is 35.9 Å². The van der Waals surface area contributed by atoms with Gasteiger partial charge in [0, 0.05) is 18.2 Å². The van der Waals surface area contributed by atoms with E-state index in [0.717, 1.165) is 11.6 Å². The van der Waals surface area contributed by atoms with E-state index >= 15 is 0 Å². The van der Waals surface area contributed by atoms with Crippen LogP contribution in [0.5, 0.6) is 5.75 Å². The Balaban J connectivity index is 2.07. The summed E-state index contributed by atoms with van der Waals surface area (Å²) in [7, 11) is 0. The zero-order chi connectivity index (χ0) is 18.9. The van der Waals surface area contributed by atoms with E-state index in [9.17, 15) is 14.7 Å². The molecule has 0 aromatic heterocycles. The van der Waals surface area contributed by atoms with Crippen LogP contribution in [0.3, 0.4) is 0 Å². The van der Waals surface area contributed by atoms with Gasteiger partial charge in [-0.25, -0.2) is 10.3 Å². The van der Waals surface area contributed by atoms with Gasteiger partial charge in [0.15, 0.2) is 0 Å². The lowest BCUT2D eigenvalue weighted by atomic mass is 10.1. The summed E-state index contributed by atoms with van der Waals surface area (Å²) in [5.74, 6) is -0.592. The predicted molar refractivity (Wildman–Crippen MR) is 95.8 cm³/mol. The number of aromatic hydroxyl groups is 1. The second-order valence-corrected chi connectivity index (χ2v) is 5.59. The van der Waals surface area contributed by atoms with Crippen molar-refractivity contribution in [2.45, 2.75) is 19.4 Å². The van der Waals surface area contributed by atoms with Crippen molar-refractivity contribution in [3.05, 3.63) is 71.8 Å². The van der Waals surface area contributed by atoms with Crippen LogP contribution in [0.4, 0.5) is 10.5 Å². The third-order valence-electron chi connectivity index (χ3n) is 3.54. The Bertz CT molecular complexity index is 770. The third-order valence-corrected chi connectivity index (χ3v) is 3.54. The first-order valence-electron chi connectivity index (χ1n) is 7.92. The van der Waals surface area contributed by atoms with Gasteiger partial charge in [-0.3, -0.25) is 15.3 Å². The van der Waals surface area contributed by atoms with Crippen LogP contribution in [0.2, 0.25) is 0 Å². The summed E-state index contributed by atoms with van der Waals surface area (Å²) < 4.78 is 5.45. The molecule has 2 aromatic carbocycles. The van der Waals surface area contributed by atoms with E-state index in [1.54, 1.807) is 24.3 Å². The molecular weight excluding hydrogens is 336 g/mol. The minimum atomic E-state index is -0.682. The molecule has 2 amide bonds. The second kappa shape index (κ2) is 9.24. The molecule has 0 unspecified atom stereocenters. The molecule has 0 aliphatic heterocycles. The van der Waals surface area contributed by atoms with Gasteiger partial charge in [-0.05, 0) is 36.8 Å². The van der Waals surface area contributed by atoms with E-state index in [2.05, 4.69) is 5.32 Å². The van der Waals surface area contributed by atoms with Gasteiger partial charge in [0.05, 0.1) is 0 Å². The van der Waals surface area contributed by atoms with Gasteiger partial charge in [0.1, 0.15) is 11.9 Å². The number of benzene rings is 2. The quantitative estimate of drug-likeness (QED) is 0.360. The lowest BCUT2D eigenvalue weighted by Crippen LogP contribution is -2.18. The molecule has 26 heavy (non-hydrogen) atoms. The van der Waals surface area contributed by atoms with E-state index in [1.165, 1.54) is 23.7 Å². The Hall–Kier alpha value is -3.32. The van der Waals surface area contributed by atoms with Crippen LogP contribution < -0.4 is 10.8 Å². The zero-order valence-corrected chi connectivity index (χ0v) is 14.2. The molecule has 136 valence electrons. The lowest BCUT2D eigenvalue weighted by molar-refractivity contribution is -0.124. The number of hydrogen-bond donors (Lipinski definition) is 4. The van der Waals surface area contributed by atoms with Crippen LogP contribution in [0.25, 0.3) is 0 Å². The number of phenolic OH excluding ortho intramolecular Hbond substituents is 1. The Kier molecular flexibility index (Phi) is 6.75. The number of hydrogen-bond acceptors (Lipinski definition) is 5. The smallest absolute Gasteiger partial charge is 0.412 e. The molecule has 2 aromatic rings. The molecule has 4 N–H and O–H groups in total. The maximum absolute atomic E-state index is 12.2. The normalized spacial score (nSPS) is 11.8. The predicted octanol–water partition coefficient (Wildman–Crippen LogP) is 3.44. The van der Waals surface area contributed by atoms with E-state index in [-0.39, 0.29) is 12.2 Å². The van der Waals surface area contributed by atoms with Crippen LogP contribution >= 0.6 is 0 Å². The molecule has 1 atom stereocenters. The number of nitrogens with one attached hydrogen (secondary N) is 2. The molecule has 0 heterocycles. The highest BCUT2D eigenvalue weighted by atomic mass is 16.6. The van der Waals surface area contributed by atoms with Crippen LogP contribution in [-0.4, -0.2) is 22.3 Å². The molecule has 0 aliphatic carbocycles. The number of rotatable bonds is 6. The van der Waals surface area contributed by atoms with Crippen molar-refractivity contribution in [1.82, 2.24) is 5.48 Å². The maximum atomic E-state index is 12.2. The fourth-order valence-corrected chi connectivity index (χ4v) is 2.19. The number of phenols is 1. The fourth-order valence-electron chi connectivity index (χ4n) is 2.19. The van der Waals surface area contributed by atoms with Crippen LogP contribution in [0.1, 0.15) is 23.7 Å². The molecule has 7 heteroatoms. The Morgan fingerprint density at radius 1 is 1.12 bits per heavy atom. The number of aryl methyl sites for hydroxylation is 1. The zero-order valence-electron chi connectivity index (χ0n) is 14.2. The maximum Gasteiger partial charge on any atom is 0.412 e. The number of hydroxylamine groups is 1. The standard InChI is InChI=1S/C19H20N2O5/c1-13-5-9-15(10-6-13)20-19(24)26-17(3-2-4-18(23)21-25)14-7-11-16(22)12-8-14/h2,4-12,17,22,25H,3H2,1H3,(H,20,24)(H,21,23)/b4-2+/t17-/m1/s1. The van der Waals surface area contributed by atoms with Gasteiger partial charge in [0.25, 0.3) is 5.91 Å². The van der Waals surface area contributed by atoms with Crippen molar-refractivity contribution < 1.29 is 24.6 Å². The highest BCUT2D eigenvalue weighted by Gasteiger charge is 2.16. The van der Waals surface area contributed by atoms with Gasteiger partial charge in [-0.15, -0.1) is 0 Å². The summed E-state index contributed by atoms with van der Waals surface area (Å²) >= 11 is 0. The number of carbonyl (C=O) groups is 2. The van der Waals surface area contributed by atoms with Crippen molar-refractivity contribution in [3.8, 4) is 5.75 Å². The molecule has 7 nitrogen and oxygen atoms in total. The highest BCUT2D eigenvalue weighted by Crippen LogP contribution is 2.24. The molecule has 0 saturated carbocycles. The van der Waals surface area contributed by atoms with Crippen molar-refractivity contribution in [2.24, 2.45) is 0 Å². The van der Waals surface area contributed by atoms with E-state index in [1.807, 2.05) is 19.1 Å². The second-order valence-electron chi connectivity index (χ2n) is 5.59. The molecule has 0 bridgehead atoms. The average Bonchev–Trinajstić information content (AvgIpc) is 2.63. The van der Waals surface area contributed by atoms with E-state index < -0.39 is 18.1 Å². The summed E-state index contributed by atoms with van der Waals surface area (Å²) in [5.41, 5.74) is 3.80. The van der Waals surface area contributed by atoms with Crippen LogP contribution in [-0.2, 0) is 9.53 Å². The Morgan fingerprint density at radius 2 is 1.77 bits per heavy atom. The monoisotopic (exact) mass is 356 g/mol. The van der Waals surface area contributed by atoms with Gasteiger partial charge in [-0.2, -0.15) is 0 Å². The van der Waals surface area contributed by atoms with Crippen molar-refractivity contribution in [3.63, 3.8) is 0 Å². The van der Waals surface area contributed by atoms with E-state index in [4.69, 9.17) is 9.94 Å². The molecule has 0 fully saturated rings. The van der Waals surface area contributed by atoms with E-state index in [0.29, 0.717) is 11.3 Å². The number of carbonyl (C=O) groups excluding carboxylic acids is 2. The molecule has 0 spiro atoms. The lowest BCUT2D eigenvalue weighted by Gasteiger charge is -2.17. The number of anilines is 1. The fraction of sp³-hybridized carbons (Fsp3) is 0.158. The summed E-state index contributed by atoms with van der Waals surface area (Å²) in [6, 6.07) is 13.5. The summed E-state index contributed by atoms with van der Waals surface area (Å²) in [4.78, 5) is 23.2. The average molecular weight is 356 g/mol. The van der Waals surface area contributed by atoms with Gasteiger partial charge < -0.3 is 9.84 Å². The molecule has 2 rings (SSSR count). The molecular formula is C19H20N2O5. The summed E-state index contributed by atoms with van der Waals surface area (Å²) in [6.07, 6.45) is 1.49. The van der Waals surface area contributed by atoms with Crippen molar-refractivity contribution >= 4 is 17.7 Å². The van der Waals surface area contributed by atoms with Crippen molar-refractivity contribution in [1.29, 1.82) is 0 Å². The minimum Gasteiger partial charge on any atom is -0.508 e. The Morgan fingerprint density at radius 3 is 2.38 bits per heavy atom. The third kappa shape index (κ3) is 5.95. The first-order valence-corrected chi connectivity index (χ1v) is 7.92. The Labute approximate surface area is 150 Å². The summed E-state index contributed by atoms with van der Waals surface area (Å²) in [5, 5.41) is 20.5. The summed E-state index contributed by atoms with van der Waals surface area (Å²) in [6.45, 7) is 1.94.